The number of carbonyl (C=O) groups is 2. The van der Waals surface area contributed by atoms with Crippen molar-refractivity contribution >= 4 is 17.5 Å². The summed E-state index contributed by atoms with van der Waals surface area (Å²) in [5.41, 5.74) is 4.46. The number of ether oxygens (including phenoxy) is 1. The van der Waals surface area contributed by atoms with Crippen LogP contribution in [0.2, 0.25) is 0 Å². The molecule has 7 heteroatoms. The lowest BCUT2D eigenvalue weighted by molar-refractivity contribution is -0.123. The molecule has 1 N–H and O–H groups in total. The number of nitrogens with zero attached hydrogens (tertiary/aromatic N) is 2. The maximum Gasteiger partial charge on any atom is 0.257 e. The number of aryl methyl sites for hydroxylation is 1. The Labute approximate surface area is 256 Å². The summed E-state index contributed by atoms with van der Waals surface area (Å²) in [6.07, 6.45) is 1.27. The largest absolute Gasteiger partial charge is 0.383 e. The third kappa shape index (κ3) is 7.89. The maximum absolute atomic E-state index is 15.0. The summed E-state index contributed by atoms with van der Waals surface area (Å²) >= 11 is 0. The van der Waals surface area contributed by atoms with Crippen molar-refractivity contribution in [3.63, 3.8) is 0 Å². The van der Waals surface area contributed by atoms with Crippen LogP contribution in [0.3, 0.4) is 0 Å². The lowest BCUT2D eigenvalue weighted by Crippen LogP contribution is -2.46. The van der Waals surface area contributed by atoms with E-state index in [9.17, 15) is 9.59 Å². The van der Waals surface area contributed by atoms with E-state index in [1.165, 1.54) is 6.07 Å². The molecular weight excluding hydrogens is 541 g/mol. The molecule has 3 aromatic carbocycles. The zero-order chi connectivity index (χ0) is 31.1. The van der Waals surface area contributed by atoms with Crippen LogP contribution < -0.4 is 5.32 Å². The molecule has 2 atom stereocenters. The highest BCUT2D eigenvalue weighted by molar-refractivity contribution is 5.98. The van der Waals surface area contributed by atoms with Crippen molar-refractivity contribution in [2.45, 2.75) is 65.5 Å². The predicted molar refractivity (Wildman–Crippen MR) is 171 cm³/mol. The number of hydrogen-bond donors (Lipinski definition) is 1. The van der Waals surface area contributed by atoms with Crippen molar-refractivity contribution < 1.29 is 18.7 Å². The van der Waals surface area contributed by atoms with Gasteiger partial charge in [0.25, 0.3) is 5.91 Å². The molecule has 2 amide bonds. The van der Waals surface area contributed by atoms with E-state index in [-0.39, 0.29) is 22.8 Å². The highest BCUT2D eigenvalue weighted by Gasteiger charge is 2.40. The zero-order valence-electron chi connectivity index (χ0n) is 26.5. The molecule has 1 saturated heterocycles. The van der Waals surface area contributed by atoms with E-state index >= 15 is 4.39 Å². The Morgan fingerprint density at radius 1 is 1.07 bits per heavy atom. The van der Waals surface area contributed by atoms with Crippen LogP contribution >= 0.6 is 0 Å². The summed E-state index contributed by atoms with van der Waals surface area (Å²) < 4.78 is 20.3. The molecule has 1 aliphatic heterocycles. The summed E-state index contributed by atoms with van der Waals surface area (Å²) in [6.45, 7) is 13.9. The van der Waals surface area contributed by atoms with Crippen LogP contribution in [0.1, 0.15) is 79.2 Å². The van der Waals surface area contributed by atoms with E-state index in [0.717, 1.165) is 42.0 Å². The van der Waals surface area contributed by atoms with Gasteiger partial charge in [-0.15, -0.1) is 0 Å². The summed E-state index contributed by atoms with van der Waals surface area (Å²) in [6, 6.07) is 20.3. The van der Waals surface area contributed by atoms with Crippen molar-refractivity contribution in [2.75, 3.05) is 38.7 Å². The van der Waals surface area contributed by atoms with Gasteiger partial charge >= 0.3 is 0 Å². The van der Waals surface area contributed by atoms with Gasteiger partial charge in [0.2, 0.25) is 5.91 Å². The smallest absolute Gasteiger partial charge is 0.257 e. The van der Waals surface area contributed by atoms with Crippen LogP contribution in [0.15, 0.2) is 66.7 Å². The molecular formula is C36H46FN3O3. The second-order valence-electron chi connectivity index (χ2n) is 12.5. The second kappa shape index (κ2) is 14.3. The number of anilines is 1. The van der Waals surface area contributed by atoms with Gasteiger partial charge in [-0.25, -0.2) is 4.39 Å². The number of benzene rings is 3. The van der Waals surface area contributed by atoms with Crippen LogP contribution in [0.5, 0.6) is 0 Å². The lowest BCUT2D eigenvalue weighted by atomic mass is 9.82. The van der Waals surface area contributed by atoms with Crippen molar-refractivity contribution in [1.29, 1.82) is 0 Å². The number of rotatable bonds is 10. The van der Waals surface area contributed by atoms with Crippen molar-refractivity contribution in [3.05, 3.63) is 100 Å². The van der Waals surface area contributed by atoms with Crippen LogP contribution in [-0.2, 0) is 21.5 Å². The molecule has 6 nitrogen and oxygen atoms in total. The molecule has 0 radical (unpaired) electrons. The number of carbonyl (C=O) groups excluding carboxylic acids is 2. The number of nitrogens with one attached hydrogen (secondary N) is 1. The van der Waals surface area contributed by atoms with Crippen LogP contribution in [0.25, 0.3) is 0 Å². The quantitative estimate of drug-likeness (QED) is 0.274. The maximum atomic E-state index is 15.0. The van der Waals surface area contributed by atoms with Gasteiger partial charge < -0.3 is 15.0 Å². The van der Waals surface area contributed by atoms with Gasteiger partial charge in [-0.2, -0.15) is 0 Å². The molecule has 0 spiro atoms. The number of likely N-dealkylation sites (N-methyl/N-ethyl adjacent to an activating group) is 1. The summed E-state index contributed by atoms with van der Waals surface area (Å²) in [7, 11) is 1.70. The number of halogens is 1. The third-order valence-electron chi connectivity index (χ3n) is 8.45. The number of likely N-dealkylation sites (tertiary alicyclic amines) is 1. The van der Waals surface area contributed by atoms with E-state index in [1.54, 1.807) is 31.1 Å². The van der Waals surface area contributed by atoms with Gasteiger partial charge in [-0.1, -0.05) is 76.2 Å². The number of hydrogen-bond acceptors (Lipinski definition) is 4. The third-order valence-corrected chi connectivity index (χ3v) is 8.45. The number of methoxy groups -OCH3 is 1. The highest BCUT2D eigenvalue weighted by atomic mass is 19.1. The summed E-state index contributed by atoms with van der Waals surface area (Å²) in [5, 5.41) is 3.14. The van der Waals surface area contributed by atoms with Gasteiger partial charge in [0.05, 0.1) is 24.1 Å². The lowest BCUT2D eigenvalue weighted by Gasteiger charge is -2.41. The van der Waals surface area contributed by atoms with Crippen molar-refractivity contribution in [3.8, 4) is 0 Å². The van der Waals surface area contributed by atoms with E-state index in [2.05, 4.69) is 56.1 Å². The number of piperidine rings is 1. The first-order chi connectivity index (χ1) is 20.5. The molecule has 0 saturated carbocycles. The Morgan fingerprint density at radius 2 is 1.79 bits per heavy atom. The fourth-order valence-electron chi connectivity index (χ4n) is 5.90. The Hall–Kier alpha value is -3.55. The fraction of sp³-hybridized carbons (Fsp3) is 0.444. The molecule has 0 unspecified atom stereocenters. The molecule has 0 aromatic heterocycles. The van der Waals surface area contributed by atoms with E-state index in [4.69, 9.17) is 4.74 Å². The monoisotopic (exact) mass is 587 g/mol. The SMILES string of the molecule is CCN(CCOC)Cc1ccc([C@H]2[C@@H](C(=O)Nc3cccc(C(C)(C)C)c3)CCCN2C(=O)c2c(C)cccc2F)cc1. The van der Waals surface area contributed by atoms with Gasteiger partial charge in [-0.3, -0.25) is 14.5 Å². The van der Waals surface area contributed by atoms with Gasteiger partial charge in [0, 0.05) is 32.4 Å². The summed E-state index contributed by atoms with van der Waals surface area (Å²) in [5.74, 6) is -1.56. The second-order valence-corrected chi connectivity index (χ2v) is 12.5. The molecule has 43 heavy (non-hydrogen) atoms. The van der Waals surface area contributed by atoms with Crippen LogP contribution in [0.4, 0.5) is 10.1 Å². The van der Waals surface area contributed by atoms with Gasteiger partial charge in [-0.05, 0) is 72.2 Å². The molecule has 1 aliphatic rings. The highest BCUT2D eigenvalue weighted by Crippen LogP contribution is 2.39. The Kier molecular flexibility index (Phi) is 10.7. The van der Waals surface area contributed by atoms with Crippen molar-refractivity contribution in [2.24, 2.45) is 5.92 Å². The predicted octanol–water partition coefficient (Wildman–Crippen LogP) is 7.13. The van der Waals surface area contributed by atoms with Gasteiger partial charge in [0.1, 0.15) is 5.82 Å². The molecule has 4 rings (SSSR count). The molecule has 3 aromatic rings. The van der Waals surface area contributed by atoms with Crippen molar-refractivity contribution in [1.82, 2.24) is 9.80 Å². The van der Waals surface area contributed by atoms with Crippen LogP contribution in [0, 0.1) is 18.7 Å². The normalized spacial score (nSPS) is 17.3. The molecule has 0 bridgehead atoms. The average molecular weight is 588 g/mol. The molecule has 1 fully saturated rings. The first-order valence-electron chi connectivity index (χ1n) is 15.3. The van der Waals surface area contributed by atoms with Gasteiger partial charge in [0.15, 0.2) is 0 Å². The van der Waals surface area contributed by atoms with E-state index < -0.39 is 17.8 Å². The topological polar surface area (TPSA) is 61.9 Å². The fourth-order valence-corrected chi connectivity index (χ4v) is 5.90. The minimum atomic E-state index is -0.541. The molecule has 230 valence electrons. The Bertz CT molecular complexity index is 1380. The van der Waals surface area contributed by atoms with Crippen LogP contribution in [-0.4, -0.2) is 55.0 Å². The minimum absolute atomic E-state index is 0.0619. The first-order valence-corrected chi connectivity index (χ1v) is 15.3. The Morgan fingerprint density at radius 3 is 2.44 bits per heavy atom. The van der Waals surface area contributed by atoms with E-state index in [1.807, 2.05) is 30.3 Å². The van der Waals surface area contributed by atoms with E-state index in [0.29, 0.717) is 31.6 Å². The molecule has 1 heterocycles. The standard InChI is InChI=1S/C36H46FN3O3/c1-7-39(21-22-43-6)24-26-16-18-27(19-17-26)33-30(34(41)38-29-13-9-12-28(23-29)36(3,4)5)14-10-20-40(33)35(42)32-25(2)11-8-15-31(32)37/h8-9,11-13,15-19,23,30,33H,7,10,14,20-22,24H2,1-6H3,(H,38,41)/t30-,33-/m0/s1. The first kappa shape index (κ1) is 32.4. The zero-order valence-corrected chi connectivity index (χ0v) is 26.5. The Balaban J connectivity index is 1.68. The summed E-state index contributed by atoms with van der Waals surface area (Å²) in [4.78, 5) is 32.0. The minimum Gasteiger partial charge on any atom is -0.383 e. The molecule has 0 aliphatic carbocycles. The number of amides is 2. The average Bonchev–Trinajstić information content (AvgIpc) is 2.98.